The number of hydrogen-bond donors (Lipinski definition) is 0. The summed E-state index contributed by atoms with van der Waals surface area (Å²) in [7, 11) is 0. The maximum atomic E-state index is 11.8. The number of hydrogen-bond acceptors (Lipinski definition) is 6. The highest BCUT2D eigenvalue weighted by Crippen LogP contribution is 2.09. The molecule has 1 aromatic carbocycles. The van der Waals surface area contributed by atoms with E-state index in [9.17, 15) is 9.59 Å². The van der Waals surface area contributed by atoms with Crippen molar-refractivity contribution in [2.45, 2.75) is 45.9 Å². The molecule has 0 aliphatic heterocycles. The zero-order chi connectivity index (χ0) is 17.6. The molecule has 0 aliphatic carbocycles. The summed E-state index contributed by atoms with van der Waals surface area (Å²) in [6.07, 6.45) is 1.55. The topological polar surface area (TPSA) is 83.3 Å². The minimum absolute atomic E-state index is 0.0103. The maximum Gasteiger partial charge on any atom is 0.328 e. The van der Waals surface area contributed by atoms with Crippen molar-refractivity contribution in [2.24, 2.45) is 0 Å². The summed E-state index contributed by atoms with van der Waals surface area (Å²) in [6.45, 7) is 5.53. The van der Waals surface area contributed by atoms with Crippen LogP contribution in [0.4, 0.5) is 0 Å². The number of carbonyl (C=O) groups excluding carboxylic acids is 2. The Morgan fingerprint density at radius 1 is 1.12 bits per heavy atom. The molecule has 0 radical (unpaired) electrons. The molecule has 0 N–H and O–H groups in total. The van der Waals surface area contributed by atoms with Gasteiger partial charge in [0.2, 0.25) is 0 Å². The summed E-state index contributed by atoms with van der Waals surface area (Å²) in [6, 6.07) is 9.41. The molecule has 0 amide bonds. The molecule has 2 rings (SSSR count). The third-order valence-corrected chi connectivity index (χ3v) is 2.87. The van der Waals surface area contributed by atoms with E-state index in [1.807, 2.05) is 30.3 Å². The standard InChI is InChI=1S/C17H21N3O4/c1-17(2,3)24-15(21)9-14-10-20(19-18-14)11-16(22)23-12-13-7-5-4-6-8-13/h4-8,10H,9,11-12H2,1-3H3. The van der Waals surface area contributed by atoms with Gasteiger partial charge in [-0.1, -0.05) is 35.5 Å². The van der Waals surface area contributed by atoms with Crippen LogP contribution in [0.2, 0.25) is 0 Å². The van der Waals surface area contributed by atoms with Crippen molar-refractivity contribution in [1.82, 2.24) is 15.0 Å². The van der Waals surface area contributed by atoms with Gasteiger partial charge in [0.05, 0.1) is 12.1 Å². The van der Waals surface area contributed by atoms with Crippen LogP contribution < -0.4 is 0 Å². The fourth-order valence-corrected chi connectivity index (χ4v) is 1.94. The van der Waals surface area contributed by atoms with E-state index in [-0.39, 0.29) is 25.5 Å². The van der Waals surface area contributed by atoms with Crippen molar-refractivity contribution in [3.05, 3.63) is 47.8 Å². The van der Waals surface area contributed by atoms with E-state index in [0.717, 1.165) is 5.56 Å². The molecule has 0 spiro atoms. The van der Waals surface area contributed by atoms with E-state index in [1.54, 1.807) is 20.8 Å². The molecule has 7 nitrogen and oxygen atoms in total. The largest absolute Gasteiger partial charge is 0.460 e. The minimum Gasteiger partial charge on any atom is -0.460 e. The Labute approximate surface area is 140 Å². The first-order valence-corrected chi connectivity index (χ1v) is 7.62. The van der Waals surface area contributed by atoms with Gasteiger partial charge in [0.25, 0.3) is 0 Å². The van der Waals surface area contributed by atoms with Crippen LogP contribution in [-0.4, -0.2) is 32.5 Å². The van der Waals surface area contributed by atoms with Crippen molar-refractivity contribution in [2.75, 3.05) is 0 Å². The first-order valence-electron chi connectivity index (χ1n) is 7.62. The lowest BCUT2D eigenvalue weighted by atomic mass is 10.2. The first kappa shape index (κ1) is 17.7. The highest BCUT2D eigenvalue weighted by Gasteiger charge is 2.18. The van der Waals surface area contributed by atoms with Crippen LogP contribution in [0.3, 0.4) is 0 Å². The highest BCUT2D eigenvalue weighted by atomic mass is 16.6. The van der Waals surface area contributed by atoms with Gasteiger partial charge in [0.1, 0.15) is 18.8 Å². The van der Waals surface area contributed by atoms with Crippen LogP contribution in [0.1, 0.15) is 32.0 Å². The van der Waals surface area contributed by atoms with E-state index < -0.39 is 11.6 Å². The number of nitrogens with zero attached hydrogens (tertiary/aromatic N) is 3. The second kappa shape index (κ2) is 7.72. The quantitative estimate of drug-likeness (QED) is 0.752. The minimum atomic E-state index is -0.547. The fraction of sp³-hybridized carbons (Fsp3) is 0.412. The van der Waals surface area contributed by atoms with Gasteiger partial charge >= 0.3 is 11.9 Å². The van der Waals surface area contributed by atoms with Crippen LogP contribution in [0, 0.1) is 0 Å². The van der Waals surface area contributed by atoms with Crippen LogP contribution in [0.25, 0.3) is 0 Å². The van der Waals surface area contributed by atoms with Crippen molar-refractivity contribution >= 4 is 11.9 Å². The van der Waals surface area contributed by atoms with Gasteiger partial charge in [-0.25, -0.2) is 4.68 Å². The number of esters is 2. The summed E-state index contributed by atoms with van der Waals surface area (Å²) >= 11 is 0. The predicted molar refractivity (Wildman–Crippen MR) is 85.8 cm³/mol. The van der Waals surface area contributed by atoms with E-state index in [0.29, 0.717) is 5.69 Å². The molecule has 1 heterocycles. The smallest absolute Gasteiger partial charge is 0.328 e. The van der Waals surface area contributed by atoms with Crippen LogP contribution >= 0.6 is 0 Å². The predicted octanol–water partition coefficient (Wildman–Crippen LogP) is 1.91. The molecule has 0 bridgehead atoms. The molecule has 7 heteroatoms. The average molecular weight is 331 g/mol. The van der Waals surface area contributed by atoms with Crippen molar-refractivity contribution in [1.29, 1.82) is 0 Å². The molecule has 0 atom stereocenters. The summed E-state index contributed by atoms with van der Waals surface area (Å²) in [4.78, 5) is 23.5. The summed E-state index contributed by atoms with van der Waals surface area (Å²) in [5.74, 6) is -0.811. The third-order valence-electron chi connectivity index (χ3n) is 2.87. The molecule has 0 unspecified atom stereocenters. The summed E-state index contributed by atoms with van der Waals surface area (Å²) in [5.41, 5.74) is 0.809. The molecule has 2 aromatic rings. The lowest BCUT2D eigenvalue weighted by molar-refractivity contribution is -0.154. The Kier molecular flexibility index (Phi) is 5.68. The van der Waals surface area contributed by atoms with Gasteiger partial charge < -0.3 is 9.47 Å². The second-order valence-electron chi connectivity index (χ2n) is 6.32. The molecule has 24 heavy (non-hydrogen) atoms. The number of ether oxygens (including phenoxy) is 2. The lowest BCUT2D eigenvalue weighted by Gasteiger charge is -2.18. The van der Waals surface area contributed by atoms with Crippen molar-refractivity contribution in [3.8, 4) is 0 Å². The number of carbonyl (C=O) groups is 2. The summed E-state index contributed by atoms with van der Waals surface area (Å²) in [5, 5.41) is 7.68. The van der Waals surface area contributed by atoms with Gasteiger partial charge in [-0.2, -0.15) is 0 Å². The molecule has 0 saturated carbocycles. The molecule has 0 saturated heterocycles. The van der Waals surface area contributed by atoms with Crippen molar-refractivity contribution < 1.29 is 19.1 Å². The van der Waals surface area contributed by atoms with Crippen LogP contribution in [0.15, 0.2) is 36.5 Å². The first-order chi connectivity index (χ1) is 11.3. The fourth-order valence-electron chi connectivity index (χ4n) is 1.94. The zero-order valence-corrected chi connectivity index (χ0v) is 14.1. The highest BCUT2D eigenvalue weighted by molar-refractivity contribution is 5.72. The van der Waals surface area contributed by atoms with Crippen molar-refractivity contribution in [3.63, 3.8) is 0 Å². The number of rotatable bonds is 6. The Balaban J connectivity index is 1.80. The maximum absolute atomic E-state index is 11.8. The molecule has 0 aliphatic rings. The lowest BCUT2D eigenvalue weighted by Crippen LogP contribution is -2.25. The Morgan fingerprint density at radius 3 is 2.50 bits per heavy atom. The normalized spacial score (nSPS) is 11.1. The number of benzene rings is 1. The molecule has 0 fully saturated rings. The van der Waals surface area contributed by atoms with Gasteiger partial charge in [-0.05, 0) is 26.3 Å². The van der Waals surface area contributed by atoms with Gasteiger partial charge in [-0.3, -0.25) is 9.59 Å². The van der Waals surface area contributed by atoms with Gasteiger partial charge in [-0.15, -0.1) is 5.10 Å². The van der Waals surface area contributed by atoms with E-state index >= 15 is 0 Å². The molecular weight excluding hydrogens is 310 g/mol. The average Bonchev–Trinajstić information content (AvgIpc) is 2.91. The third kappa shape index (κ3) is 6.20. The molecular formula is C17H21N3O4. The Bertz CT molecular complexity index is 689. The molecule has 128 valence electrons. The van der Waals surface area contributed by atoms with Crippen LogP contribution in [0.5, 0.6) is 0 Å². The zero-order valence-electron chi connectivity index (χ0n) is 14.1. The Morgan fingerprint density at radius 2 is 1.83 bits per heavy atom. The molecule has 1 aromatic heterocycles. The van der Waals surface area contributed by atoms with E-state index in [1.165, 1.54) is 10.9 Å². The second-order valence-corrected chi connectivity index (χ2v) is 6.32. The van der Waals surface area contributed by atoms with E-state index in [4.69, 9.17) is 9.47 Å². The monoisotopic (exact) mass is 331 g/mol. The SMILES string of the molecule is CC(C)(C)OC(=O)Cc1cn(CC(=O)OCc2ccccc2)nn1. The summed E-state index contributed by atoms with van der Waals surface area (Å²) < 4.78 is 11.7. The van der Waals surface area contributed by atoms with Gasteiger partial charge in [0, 0.05) is 6.20 Å². The van der Waals surface area contributed by atoms with Gasteiger partial charge in [0.15, 0.2) is 0 Å². The van der Waals surface area contributed by atoms with Crippen LogP contribution in [-0.2, 0) is 38.6 Å². The van der Waals surface area contributed by atoms with E-state index in [2.05, 4.69) is 10.3 Å². The Hall–Kier alpha value is -2.70. The number of aromatic nitrogens is 3.